The molecule has 0 amide bonds. The Kier molecular flexibility index (Phi) is 1.81. The molecule has 3 heteroatoms. The lowest BCUT2D eigenvalue weighted by atomic mass is 9.95. The van der Waals surface area contributed by atoms with Gasteiger partial charge in [0, 0.05) is 5.56 Å². The zero-order chi connectivity index (χ0) is 10.2. The lowest BCUT2D eigenvalue weighted by Crippen LogP contribution is -2.25. The summed E-state index contributed by atoms with van der Waals surface area (Å²) in [5.74, 6) is -0.553. The molecule has 1 aromatic rings. The number of cyclic esters (lactones) is 1. The van der Waals surface area contributed by atoms with E-state index >= 15 is 0 Å². The van der Waals surface area contributed by atoms with Gasteiger partial charge in [0.05, 0.1) is 6.08 Å². The summed E-state index contributed by atoms with van der Waals surface area (Å²) < 4.78 is 5.07. The highest BCUT2D eigenvalue weighted by molar-refractivity contribution is 5.86. The molecule has 0 aliphatic carbocycles. The van der Waals surface area contributed by atoms with Gasteiger partial charge in [-0.15, -0.1) is 0 Å². The van der Waals surface area contributed by atoms with Crippen LogP contribution in [0.5, 0.6) is 0 Å². The second-order valence-corrected chi connectivity index (χ2v) is 3.35. The molecule has 0 fully saturated rings. The number of aliphatic hydroxyl groups is 1. The van der Waals surface area contributed by atoms with E-state index in [-0.39, 0.29) is 5.76 Å². The quantitative estimate of drug-likeness (QED) is 0.688. The predicted molar refractivity (Wildman–Crippen MR) is 50.6 cm³/mol. The lowest BCUT2D eigenvalue weighted by molar-refractivity contribution is -0.146. The van der Waals surface area contributed by atoms with Crippen LogP contribution in [0.1, 0.15) is 12.5 Å². The van der Waals surface area contributed by atoms with Crippen LogP contribution in [-0.2, 0) is 15.1 Å². The van der Waals surface area contributed by atoms with Gasteiger partial charge in [0.1, 0.15) is 5.76 Å². The van der Waals surface area contributed by atoms with Crippen molar-refractivity contribution in [3.8, 4) is 0 Å². The number of hydrogen-bond donors (Lipinski definition) is 1. The summed E-state index contributed by atoms with van der Waals surface area (Å²) in [6, 6.07) is 9.15. The Labute approximate surface area is 81.6 Å². The van der Waals surface area contributed by atoms with E-state index in [1.807, 2.05) is 30.3 Å². The van der Waals surface area contributed by atoms with Crippen LogP contribution in [0.4, 0.5) is 0 Å². The molecule has 0 radical (unpaired) electrons. The van der Waals surface area contributed by atoms with Gasteiger partial charge in [-0.25, -0.2) is 4.79 Å². The summed E-state index contributed by atoms with van der Waals surface area (Å²) in [5.41, 5.74) is -0.252. The molecule has 0 saturated heterocycles. The molecule has 0 saturated carbocycles. The van der Waals surface area contributed by atoms with Crippen molar-refractivity contribution in [3.63, 3.8) is 0 Å². The maximum absolute atomic E-state index is 11.0. The van der Waals surface area contributed by atoms with Crippen molar-refractivity contribution in [2.24, 2.45) is 0 Å². The van der Waals surface area contributed by atoms with Gasteiger partial charge >= 0.3 is 5.97 Å². The van der Waals surface area contributed by atoms with E-state index in [4.69, 9.17) is 4.74 Å². The minimum absolute atomic E-state index is 0.0475. The van der Waals surface area contributed by atoms with Crippen molar-refractivity contribution in [1.29, 1.82) is 0 Å². The second kappa shape index (κ2) is 2.87. The zero-order valence-corrected chi connectivity index (χ0v) is 7.73. The van der Waals surface area contributed by atoms with Gasteiger partial charge in [-0.2, -0.15) is 0 Å². The third kappa shape index (κ3) is 1.18. The number of hydrogen-bond acceptors (Lipinski definition) is 3. The molecular weight excluding hydrogens is 180 g/mol. The molecule has 0 aromatic heterocycles. The van der Waals surface area contributed by atoms with Gasteiger partial charge in [-0.05, 0) is 6.92 Å². The van der Waals surface area contributed by atoms with Gasteiger partial charge in [0.2, 0.25) is 0 Å². The van der Waals surface area contributed by atoms with E-state index in [9.17, 15) is 9.90 Å². The molecule has 3 nitrogen and oxygen atoms in total. The van der Waals surface area contributed by atoms with E-state index in [0.29, 0.717) is 0 Å². The molecule has 1 unspecified atom stereocenters. The molecule has 1 aliphatic heterocycles. The standard InChI is InChI=1S/C11H10O3/c1-11(8-5-3-2-4-6-8)9(12)7-10(13)14-11/h2-7,12H,1H3. The monoisotopic (exact) mass is 190 g/mol. The van der Waals surface area contributed by atoms with Crippen LogP contribution in [0.2, 0.25) is 0 Å². The van der Waals surface area contributed by atoms with Crippen LogP contribution in [0.15, 0.2) is 42.2 Å². The van der Waals surface area contributed by atoms with Gasteiger partial charge in [-0.3, -0.25) is 0 Å². The maximum Gasteiger partial charge on any atom is 0.335 e. The number of rotatable bonds is 1. The molecule has 1 aromatic carbocycles. The molecule has 1 heterocycles. The Hall–Kier alpha value is -1.77. The Bertz CT molecular complexity index is 394. The number of carbonyl (C=O) groups is 1. The van der Waals surface area contributed by atoms with Crippen molar-refractivity contribution in [2.75, 3.05) is 0 Å². The highest BCUT2D eigenvalue weighted by Crippen LogP contribution is 2.35. The predicted octanol–water partition coefficient (Wildman–Crippen LogP) is 1.90. The van der Waals surface area contributed by atoms with Crippen molar-refractivity contribution in [1.82, 2.24) is 0 Å². The Morgan fingerprint density at radius 1 is 1.29 bits per heavy atom. The van der Waals surface area contributed by atoms with Crippen LogP contribution >= 0.6 is 0 Å². The molecule has 1 aliphatic rings. The van der Waals surface area contributed by atoms with Crippen LogP contribution in [0.3, 0.4) is 0 Å². The van der Waals surface area contributed by atoms with E-state index in [1.54, 1.807) is 6.92 Å². The van der Waals surface area contributed by atoms with E-state index in [2.05, 4.69) is 0 Å². The smallest absolute Gasteiger partial charge is 0.335 e. The largest absolute Gasteiger partial charge is 0.507 e. The zero-order valence-electron chi connectivity index (χ0n) is 7.73. The number of ether oxygens (including phenoxy) is 1. The number of carbonyl (C=O) groups excluding carboxylic acids is 1. The maximum atomic E-state index is 11.0. The Morgan fingerprint density at radius 2 is 1.93 bits per heavy atom. The first kappa shape index (κ1) is 8.81. The second-order valence-electron chi connectivity index (χ2n) is 3.35. The lowest BCUT2D eigenvalue weighted by Gasteiger charge is -2.23. The van der Waals surface area contributed by atoms with Crippen molar-refractivity contribution >= 4 is 5.97 Å². The van der Waals surface area contributed by atoms with E-state index < -0.39 is 11.6 Å². The summed E-state index contributed by atoms with van der Waals surface area (Å²) in [7, 11) is 0. The van der Waals surface area contributed by atoms with Gasteiger partial charge < -0.3 is 9.84 Å². The number of benzene rings is 1. The summed E-state index contributed by atoms with van der Waals surface area (Å²) >= 11 is 0. The van der Waals surface area contributed by atoms with Crippen LogP contribution < -0.4 is 0 Å². The van der Waals surface area contributed by atoms with Crippen molar-refractivity contribution < 1.29 is 14.6 Å². The average molecular weight is 190 g/mol. The first-order chi connectivity index (χ1) is 6.63. The first-order valence-corrected chi connectivity index (χ1v) is 4.32. The fourth-order valence-corrected chi connectivity index (χ4v) is 1.50. The first-order valence-electron chi connectivity index (χ1n) is 4.32. The molecule has 0 spiro atoms. The van der Waals surface area contributed by atoms with Crippen LogP contribution in [0, 0.1) is 0 Å². The average Bonchev–Trinajstić information content (AvgIpc) is 2.43. The van der Waals surface area contributed by atoms with Gasteiger partial charge in [0.15, 0.2) is 5.60 Å². The molecule has 0 bridgehead atoms. The van der Waals surface area contributed by atoms with Crippen molar-refractivity contribution in [3.05, 3.63) is 47.7 Å². The summed E-state index contributed by atoms with van der Waals surface area (Å²) in [6.45, 7) is 1.67. The molecule has 1 N–H and O–H groups in total. The summed E-state index contributed by atoms with van der Waals surface area (Å²) in [6.07, 6.45) is 1.10. The fourth-order valence-electron chi connectivity index (χ4n) is 1.50. The molecule has 2 rings (SSSR count). The van der Waals surface area contributed by atoms with E-state index in [0.717, 1.165) is 11.6 Å². The van der Waals surface area contributed by atoms with E-state index in [1.165, 1.54) is 0 Å². The molecule has 14 heavy (non-hydrogen) atoms. The SMILES string of the molecule is CC1(c2ccccc2)OC(=O)C=C1O. The number of aliphatic hydroxyl groups excluding tert-OH is 1. The highest BCUT2D eigenvalue weighted by Gasteiger charge is 2.40. The molecule has 1 atom stereocenters. The number of esters is 1. The summed E-state index contributed by atoms with van der Waals surface area (Å²) in [4.78, 5) is 11.0. The minimum Gasteiger partial charge on any atom is -0.507 e. The topological polar surface area (TPSA) is 46.5 Å². The van der Waals surface area contributed by atoms with Gasteiger partial charge in [0.25, 0.3) is 0 Å². The minimum atomic E-state index is -1.02. The van der Waals surface area contributed by atoms with Crippen LogP contribution in [0.25, 0.3) is 0 Å². The Morgan fingerprint density at radius 3 is 2.43 bits per heavy atom. The third-order valence-corrected chi connectivity index (χ3v) is 2.37. The Balaban J connectivity index is 2.45. The highest BCUT2D eigenvalue weighted by atomic mass is 16.6. The molecule has 72 valence electrons. The van der Waals surface area contributed by atoms with Crippen molar-refractivity contribution in [2.45, 2.75) is 12.5 Å². The van der Waals surface area contributed by atoms with Crippen LogP contribution in [-0.4, -0.2) is 11.1 Å². The molecular formula is C11H10O3. The third-order valence-electron chi connectivity index (χ3n) is 2.37. The normalized spacial score (nSPS) is 25.8. The summed E-state index contributed by atoms with van der Waals surface area (Å²) in [5, 5.41) is 9.59. The fraction of sp³-hybridized carbons (Fsp3) is 0.182. The van der Waals surface area contributed by atoms with Gasteiger partial charge in [-0.1, -0.05) is 30.3 Å².